The van der Waals surface area contributed by atoms with Crippen molar-refractivity contribution < 1.29 is 14.3 Å². The van der Waals surface area contributed by atoms with Gasteiger partial charge in [0.15, 0.2) is 5.76 Å². The van der Waals surface area contributed by atoms with E-state index in [2.05, 4.69) is 5.32 Å². The second kappa shape index (κ2) is 6.02. The van der Waals surface area contributed by atoms with Crippen molar-refractivity contribution in [1.82, 2.24) is 5.32 Å². The van der Waals surface area contributed by atoms with E-state index in [9.17, 15) is 9.90 Å². The Bertz CT molecular complexity index is 403. The average molecular weight is 252 g/mol. The molecule has 1 aliphatic carbocycles. The summed E-state index contributed by atoms with van der Waals surface area (Å²) in [6.45, 7) is 0.886. The molecule has 5 heteroatoms. The highest BCUT2D eigenvalue weighted by Crippen LogP contribution is 2.23. The van der Waals surface area contributed by atoms with Crippen LogP contribution in [0.3, 0.4) is 0 Å². The number of furan rings is 1. The molecule has 1 fully saturated rings. The maximum absolute atomic E-state index is 11.8. The third kappa shape index (κ3) is 3.34. The standard InChI is InChI=1S/C13H20N2O3/c14-7-11-4-5-12(18-11)13(17)15-8-9-2-1-3-10(16)6-9/h4-5,9-10,16H,1-3,6-8,14H2,(H,15,17). The van der Waals surface area contributed by atoms with Crippen LogP contribution in [0.15, 0.2) is 16.5 Å². The molecule has 0 aliphatic heterocycles. The Balaban J connectivity index is 1.80. The molecular formula is C13H20N2O3. The van der Waals surface area contributed by atoms with Gasteiger partial charge in [-0.2, -0.15) is 0 Å². The summed E-state index contributed by atoms with van der Waals surface area (Å²) >= 11 is 0. The summed E-state index contributed by atoms with van der Waals surface area (Å²) in [5.74, 6) is 1.05. The number of hydrogen-bond donors (Lipinski definition) is 3. The Labute approximate surface area is 106 Å². The molecule has 18 heavy (non-hydrogen) atoms. The summed E-state index contributed by atoms with van der Waals surface area (Å²) in [6.07, 6.45) is 3.52. The molecule has 1 heterocycles. The van der Waals surface area contributed by atoms with Crippen molar-refractivity contribution >= 4 is 5.91 Å². The summed E-state index contributed by atoms with van der Waals surface area (Å²) in [6, 6.07) is 3.34. The number of aliphatic hydroxyl groups is 1. The Morgan fingerprint density at radius 1 is 1.50 bits per heavy atom. The maximum atomic E-state index is 11.8. The van der Waals surface area contributed by atoms with Crippen molar-refractivity contribution in [2.75, 3.05) is 6.54 Å². The molecule has 2 unspecified atom stereocenters. The van der Waals surface area contributed by atoms with Crippen LogP contribution in [-0.2, 0) is 6.54 Å². The van der Waals surface area contributed by atoms with Crippen LogP contribution in [0.25, 0.3) is 0 Å². The zero-order chi connectivity index (χ0) is 13.0. The molecule has 1 aromatic heterocycles. The largest absolute Gasteiger partial charge is 0.455 e. The number of carbonyl (C=O) groups excluding carboxylic acids is 1. The molecule has 0 aromatic carbocycles. The van der Waals surface area contributed by atoms with E-state index in [1.807, 2.05) is 0 Å². The van der Waals surface area contributed by atoms with Gasteiger partial charge in [0, 0.05) is 6.54 Å². The SMILES string of the molecule is NCc1ccc(C(=O)NCC2CCCC(O)C2)o1. The highest BCUT2D eigenvalue weighted by atomic mass is 16.4. The summed E-state index contributed by atoms with van der Waals surface area (Å²) in [4.78, 5) is 11.8. The zero-order valence-corrected chi connectivity index (χ0v) is 10.4. The second-order valence-electron chi connectivity index (χ2n) is 4.87. The number of nitrogens with two attached hydrogens (primary N) is 1. The first-order valence-corrected chi connectivity index (χ1v) is 6.44. The topological polar surface area (TPSA) is 88.5 Å². The van der Waals surface area contributed by atoms with Crippen molar-refractivity contribution in [3.05, 3.63) is 23.7 Å². The minimum atomic E-state index is -0.215. The summed E-state index contributed by atoms with van der Waals surface area (Å²) in [7, 11) is 0. The van der Waals surface area contributed by atoms with Crippen LogP contribution in [0.1, 0.15) is 42.0 Å². The van der Waals surface area contributed by atoms with E-state index in [-0.39, 0.29) is 12.0 Å². The van der Waals surface area contributed by atoms with Gasteiger partial charge in [0.2, 0.25) is 0 Å². The van der Waals surface area contributed by atoms with Crippen LogP contribution in [0.2, 0.25) is 0 Å². The maximum Gasteiger partial charge on any atom is 0.287 e. The lowest BCUT2D eigenvalue weighted by molar-refractivity contribution is 0.0852. The summed E-state index contributed by atoms with van der Waals surface area (Å²) in [5, 5.41) is 12.4. The van der Waals surface area contributed by atoms with Crippen LogP contribution in [0, 0.1) is 5.92 Å². The number of carbonyl (C=O) groups is 1. The lowest BCUT2D eigenvalue weighted by Crippen LogP contribution is -2.32. The van der Waals surface area contributed by atoms with Gasteiger partial charge in [-0.25, -0.2) is 0 Å². The van der Waals surface area contributed by atoms with Crippen molar-refractivity contribution in [2.45, 2.75) is 38.3 Å². The molecule has 1 saturated carbocycles. The predicted molar refractivity (Wildman–Crippen MR) is 66.9 cm³/mol. The molecule has 1 aliphatic rings. The first kappa shape index (κ1) is 13.1. The molecule has 1 aromatic rings. The molecular weight excluding hydrogens is 232 g/mol. The van der Waals surface area contributed by atoms with Crippen LogP contribution >= 0.6 is 0 Å². The van der Waals surface area contributed by atoms with E-state index in [1.54, 1.807) is 12.1 Å². The zero-order valence-electron chi connectivity index (χ0n) is 10.4. The first-order chi connectivity index (χ1) is 8.69. The second-order valence-corrected chi connectivity index (χ2v) is 4.87. The fraction of sp³-hybridized carbons (Fsp3) is 0.615. The Kier molecular flexibility index (Phi) is 4.38. The summed E-state index contributed by atoms with van der Waals surface area (Å²) < 4.78 is 5.27. The minimum absolute atomic E-state index is 0.213. The third-order valence-electron chi connectivity index (χ3n) is 3.39. The Hall–Kier alpha value is -1.33. The van der Waals surface area contributed by atoms with Crippen molar-refractivity contribution in [1.29, 1.82) is 0 Å². The van der Waals surface area contributed by atoms with E-state index in [1.165, 1.54) is 0 Å². The van der Waals surface area contributed by atoms with Crippen LogP contribution in [0.5, 0.6) is 0 Å². The molecule has 0 radical (unpaired) electrons. The lowest BCUT2D eigenvalue weighted by atomic mass is 9.87. The molecule has 4 N–H and O–H groups in total. The summed E-state index contributed by atoms with van der Waals surface area (Å²) in [5.41, 5.74) is 5.42. The minimum Gasteiger partial charge on any atom is -0.455 e. The molecule has 0 bridgehead atoms. The van der Waals surface area contributed by atoms with Gasteiger partial charge >= 0.3 is 0 Å². The number of amides is 1. The number of aliphatic hydroxyl groups excluding tert-OH is 1. The molecule has 100 valence electrons. The van der Waals surface area contributed by atoms with E-state index >= 15 is 0 Å². The van der Waals surface area contributed by atoms with Crippen molar-refractivity contribution in [3.8, 4) is 0 Å². The van der Waals surface area contributed by atoms with Gasteiger partial charge in [0.1, 0.15) is 5.76 Å². The first-order valence-electron chi connectivity index (χ1n) is 6.44. The monoisotopic (exact) mass is 252 g/mol. The van der Waals surface area contributed by atoms with Gasteiger partial charge < -0.3 is 20.6 Å². The van der Waals surface area contributed by atoms with Gasteiger partial charge in [-0.1, -0.05) is 6.42 Å². The molecule has 1 amide bonds. The number of rotatable bonds is 4. The van der Waals surface area contributed by atoms with Gasteiger partial charge in [-0.05, 0) is 37.3 Å². The van der Waals surface area contributed by atoms with Crippen LogP contribution < -0.4 is 11.1 Å². The molecule has 2 rings (SSSR count). The van der Waals surface area contributed by atoms with Gasteiger partial charge in [-0.3, -0.25) is 4.79 Å². The highest BCUT2D eigenvalue weighted by Gasteiger charge is 2.21. The van der Waals surface area contributed by atoms with E-state index < -0.39 is 0 Å². The normalized spacial score (nSPS) is 23.9. The van der Waals surface area contributed by atoms with Gasteiger partial charge in [-0.15, -0.1) is 0 Å². The number of nitrogens with one attached hydrogen (secondary N) is 1. The molecule has 2 atom stereocenters. The third-order valence-corrected chi connectivity index (χ3v) is 3.39. The van der Waals surface area contributed by atoms with E-state index in [0.717, 1.165) is 25.7 Å². The van der Waals surface area contributed by atoms with E-state index in [4.69, 9.17) is 10.2 Å². The Morgan fingerprint density at radius 2 is 2.33 bits per heavy atom. The smallest absolute Gasteiger partial charge is 0.287 e. The quantitative estimate of drug-likeness (QED) is 0.746. The number of hydrogen-bond acceptors (Lipinski definition) is 4. The molecule has 0 saturated heterocycles. The Morgan fingerprint density at radius 3 is 3.00 bits per heavy atom. The fourth-order valence-electron chi connectivity index (χ4n) is 2.38. The van der Waals surface area contributed by atoms with Gasteiger partial charge in [0.05, 0.1) is 12.6 Å². The fourth-order valence-corrected chi connectivity index (χ4v) is 2.38. The van der Waals surface area contributed by atoms with E-state index in [0.29, 0.717) is 30.5 Å². The van der Waals surface area contributed by atoms with Crippen LogP contribution in [-0.4, -0.2) is 23.7 Å². The van der Waals surface area contributed by atoms with Crippen molar-refractivity contribution in [3.63, 3.8) is 0 Å². The average Bonchev–Trinajstić information content (AvgIpc) is 2.85. The van der Waals surface area contributed by atoms with Gasteiger partial charge in [0.25, 0.3) is 5.91 Å². The van der Waals surface area contributed by atoms with Crippen molar-refractivity contribution in [2.24, 2.45) is 11.7 Å². The predicted octanol–water partition coefficient (Wildman–Crippen LogP) is 1.02. The molecule has 5 nitrogen and oxygen atoms in total. The lowest BCUT2D eigenvalue weighted by Gasteiger charge is -2.25. The van der Waals surface area contributed by atoms with Crippen LogP contribution in [0.4, 0.5) is 0 Å². The highest BCUT2D eigenvalue weighted by molar-refractivity contribution is 5.91. The molecule has 0 spiro atoms.